The van der Waals surface area contributed by atoms with E-state index in [9.17, 15) is 4.79 Å². The summed E-state index contributed by atoms with van der Waals surface area (Å²) in [6.07, 6.45) is 20.0. The average Bonchev–Trinajstić information content (AvgIpc) is 3.35. The molecule has 0 atom stereocenters. The summed E-state index contributed by atoms with van der Waals surface area (Å²) in [7, 11) is 0. The number of piperidine rings is 1. The third kappa shape index (κ3) is 7.02. The second kappa shape index (κ2) is 14.6. The number of benzene rings is 2. The summed E-state index contributed by atoms with van der Waals surface area (Å²) in [5.74, 6) is 6.41. The number of hydrogen-bond acceptors (Lipinski definition) is 4. The lowest BCUT2D eigenvalue weighted by Gasteiger charge is -2.33. The first-order valence-electron chi connectivity index (χ1n) is 15.5. The molecule has 0 amide bonds. The van der Waals surface area contributed by atoms with Gasteiger partial charge in [0.25, 0.3) is 0 Å². The van der Waals surface area contributed by atoms with Gasteiger partial charge in [-0.3, -0.25) is 10.9 Å². The summed E-state index contributed by atoms with van der Waals surface area (Å²) >= 11 is 0. The van der Waals surface area contributed by atoms with E-state index in [-0.39, 0.29) is 0 Å². The average molecular weight is 536 g/mol. The molecule has 2 aromatic carbocycles. The molecule has 1 aliphatic heterocycles. The normalized spacial score (nSPS) is 19.2. The van der Waals surface area contributed by atoms with Gasteiger partial charge >= 0.3 is 0 Å². The fourth-order valence-electron chi connectivity index (χ4n) is 6.63. The lowest BCUT2D eigenvalue weighted by molar-refractivity contribution is -0.111. The van der Waals surface area contributed by atoms with Crippen molar-refractivity contribution < 1.29 is 4.79 Å². The number of hydrazine groups is 1. The first-order chi connectivity index (χ1) is 19.8. The van der Waals surface area contributed by atoms with Crippen LogP contribution in [0.5, 0.6) is 0 Å². The molecule has 1 heterocycles. The van der Waals surface area contributed by atoms with Gasteiger partial charge in [-0.05, 0) is 93.3 Å². The van der Waals surface area contributed by atoms with Crippen LogP contribution in [-0.4, -0.2) is 43.4 Å². The van der Waals surface area contributed by atoms with Gasteiger partial charge in [-0.2, -0.15) is 0 Å². The summed E-state index contributed by atoms with van der Waals surface area (Å²) in [4.78, 5) is 15.2. The van der Waals surface area contributed by atoms with Crippen molar-refractivity contribution in [2.24, 2.45) is 0 Å². The second-order valence-electron chi connectivity index (χ2n) is 11.6. The van der Waals surface area contributed by atoms with E-state index in [2.05, 4.69) is 94.4 Å². The molecular weight excluding hydrogens is 490 g/mol. The minimum atomic E-state index is -0.493. The number of hydrogen-bond donors (Lipinski definition) is 2. The van der Waals surface area contributed by atoms with Crippen molar-refractivity contribution in [3.63, 3.8) is 0 Å². The standard InChI is InChI=1S/C36H45N3O/c40-29-36(34-20-9-7-18-32(34)33-19-8-10-21-35(33)36)24-12-14-26-39-27-22-31(23-28-39)38-37-25-13-11-17-30-15-5-3-1-2-4-6-16-30/h5,7-10,15-16,18-21,29,31,37-38H,3-4,6,11-14,17,22-28H2/b15-5-,30-16?. The number of nitrogens with one attached hydrogen (secondary N) is 2. The minimum Gasteiger partial charge on any atom is -0.303 e. The Bertz CT molecular complexity index is 1200. The van der Waals surface area contributed by atoms with E-state index in [1.165, 1.54) is 59.8 Å². The number of unbranched alkanes of at least 4 members (excludes halogenated alkanes) is 2. The first-order valence-corrected chi connectivity index (χ1v) is 15.5. The molecule has 40 heavy (non-hydrogen) atoms. The second-order valence-corrected chi connectivity index (χ2v) is 11.6. The van der Waals surface area contributed by atoms with Gasteiger partial charge in [0.2, 0.25) is 0 Å². The summed E-state index contributed by atoms with van der Waals surface area (Å²) in [5, 5.41) is 0. The predicted molar refractivity (Wildman–Crippen MR) is 166 cm³/mol. The van der Waals surface area contributed by atoms with Crippen LogP contribution in [0.2, 0.25) is 0 Å². The zero-order chi connectivity index (χ0) is 27.5. The van der Waals surface area contributed by atoms with Crippen LogP contribution < -0.4 is 10.9 Å². The summed E-state index contributed by atoms with van der Waals surface area (Å²) < 4.78 is 0. The Labute approximate surface area is 241 Å². The lowest BCUT2D eigenvalue weighted by Crippen LogP contribution is -2.48. The third-order valence-corrected chi connectivity index (χ3v) is 8.87. The zero-order valence-corrected chi connectivity index (χ0v) is 24.0. The van der Waals surface area contributed by atoms with Crippen LogP contribution in [-0.2, 0) is 10.2 Å². The maximum atomic E-state index is 12.6. The van der Waals surface area contributed by atoms with E-state index in [0.29, 0.717) is 6.04 Å². The van der Waals surface area contributed by atoms with Crippen molar-refractivity contribution in [1.29, 1.82) is 0 Å². The van der Waals surface area contributed by atoms with Gasteiger partial charge < -0.3 is 9.69 Å². The molecule has 210 valence electrons. The fraction of sp³-hybridized carbons (Fsp3) is 0.472. The number of rotatable bonds is 13. The van der Waals surface area contributed by atoms with Crippen LogP contribution in [0.3, 0.4) is 0 Å². The number of likely N-dealkylation sites (tertiary alicyclic amines) is 1. The van der Waals surface area contributed by atoms with Crippen molar-refractivity contribution in [2.45, 2.75) is 82.1 Å². The number of aldehydes is 1. The van der Waals surface area contributed by atoms with Crippen LogP contribution in [0.4, 0.5) is 0 Å². The number of fused-ring (bicyclic) bond motifs is 3. The molecule has 1 saturated heterocycles. The van der Waals surface area contributed by atoms with E-state index in [1.54, 1.807) is 0 Å². The van der Waals surface area contributed by atoms with Crippen LogP contribution in [0.25, 0.3) is 11.1 Å². The maximum absolute atomic E-state index is 12.6. The van der Waals surface area contributed by atoms with Gasteiger partial charge in [0.1, 0.15) is 6.29 Å². The summed E-state index contributed by atoms with van der Waals surface area (Å²) in [5.41, 5.74) is 12.9. The highest BCUT2D eigenvalue weighted by atomic mass is 16.1. The van der Waals surface area contributed by atoms with Crippen molar-refractivity contribution in [2.75, 3.05) is 26.2 Å². The molecule has 2 aromatic rings. The van der Waals surface area contributed by atoms with Crippen LogP contribution in [0, 0.1) is 11.8 Å². The molecular formula is C36H45N3O. The van der Waals surface area contributed by atoms with Crippen molar-refractivity contribution in [1.82, 2.24) is 15.8 Å². The minimum absolute atomic E-state index is 0.493. The van der Waals surface area contributed by atoms with Gasteiger partial charge in [0, 0.05) is 25.4 Å². The van der Waals surface area contributed by atoms with E-state index < -0.39 is 5.41 Å². The largest absolute Gasteiger partial charge is 0.303 e. The Hall–Kier alpha value is -2.97. The van der Waals surface area contributed by atoms with E-state index in [1.807, 2.05) is 0 Å². The number of carbonyl (C=O) groups excluding carboxylic acids is 1. The van der Waals surface area contributed by atoms with Crippen molar-refractivity contribution >= 4 is 6.29 Å². The quantitative estimate of drug-likeness (QED) is 0.129. The Balaban J connectivity index is 0.967. The van der Waals surface area contributed by atoms with Gasteiger partial charge in [-0.15, -0.1) is 5.92 Å². The molecule has 0 bridgehead atoms. The third-order valence-electron chi connectivity index (χ3n) is 8.87. The number of nitrogens with zero attached hydrogens (tertiary/aromatic N) is 1. The molecule has 0 unspecified atom stereocenters. The first kappa shape index (κ1) is 28.6. The SMILES string of the molecule is O=CC1(CCCCN2CCC(NNCCCCC3=CCCC#CC/C=C\3)CC2)c2ccccc2-c2ccccc21. The maximum Gasteiger partial charge on any atom is 0.134 e. The molecule has 1 fully saturated rings. The molecule has 3 aliphatic rings. The Kier molecular flexibility index (Phi) is 10.4. The molecule has 2 aliphatic carbocycles. The Morgan fingerprint density at radius 1 is 0.925 bits per heavy atom. The van der Waals surface area contributed by atoms with E-state index >= 15 is 0 Å². The Morgan fingerprint density at radius 2 is 1.68 bits per heavy atom. The molecule has 4 nitrogen and oxygen atoms in total. The van der Waals surface area contributed by atoms with Crippen LogP contribution in [0.15, 0.2) is 72.3 Å². The Morgan fingerprint density at radius 3 is 2.42 bits per heavy atom. The van der Waals surface area contributed by atoms with Gasteiger partial charge in [-0.25, -0.2) is 0 Å². The molecule has 0 spiro atoms. The predicted octanol–water partition coefficient (Wildman–Crippen LogP) is 6.72. The van der Waals surface area contributed by atoms with Crippen molar-refractivity contribution in [3.8, 4) is 23.0 Å². The monoisotopic (exact) mass is 535 g/mol. The molecule has 4 heteroatoms. The van der Waals surface area contributed by atoms with Gasteiger partial charge in [-0.1, -0.05) is 84.7 Å². The number of allylic oxidation sites excluding steroid dienone is 4. The van der Waals surface area contributed by atoms with Crippen LogP contribution in [0.1, 0.15) is 81.8 Å². The molecule has 0 aromatic heterocycles. The summed E-state index contributed by atoms with van der Waals surface area (Å²) in [6.45, 7) is 4.43. The van der Waals surface area contributed by atoms with E-state index in [0.717, 1.165) is 71.1 Å². The topological polar surface area (TPSA) is 44.4 Å². The van der Waals surface area contributed by atoms with Gasteiger partial charge in [0.15, 0.2) is 0 Å². The van der Waals surface area contributed by atoms with Crippen molar-refractivity contribution in [3.05, 3.63) is 83.5 Å². The van der Waals surface area contributed by atoms with Gasteiger partial charge in [0.05, 0.1) is 5.41 Å². The molecule has 0 radical (unpaired) electrons. The summed E-state index contributed by atoms with van der Waals surface area (Å²) in [6, 6.07) is 17.5. The molecule has 5 rings (SSSR count). The lowest BCUT2D eigenvalue weighted by atomic mass is 9.75. The van der Waals surface area contributed by atoms with Crippen LogP contribution >= 0.6 is 0 Å². The molecule has 0 saturated carbocycles. The highest BCUT2D eigenvalue weighted by molar-refractivity contribution is 5.91. The highest BCUT2D eigenvalue weighted by Crippen LogP contribution is 2.50. The highest BCUT2D eigenvalue weighted by Gasteiger charge is 2.42. The zero-order valence-electron chi connectivity index (χ0n) is 24.0. The molecule has 2 N–H and O–H groups in total. The smallest absolute Gasteiger partial charge is 0.134 e. The number of carbonyl (C=O) groups is 1. The fourth-order valence-corrected chi connectivity index (χ4v) is 6.63. The van der Waals surface area contributed by atoms with E-state index in [4.69, 9.17) is 0 Å².